The lowest BCUT2D eigenvalue weighted by Crippen LogP contribution is -2.37. The topological polar surface area (TPSA) is 90.3 Å². The first-order valence-corrected chi connectivity index (χ1v) is 11.1. The number of aliphatic hydroxyl groups is 2. The number of carbonyl (C=O) groups is 1. The molecule has 1 heterocycles. The fourth-order valence-electron chi connectivity index (χ4n) is 4.52. The van der Waals surface area contributed by atoms with Crippen molar-refractivity contribution in [3.05, 3.63) is 12.2 Å². The van der Waals surface area contributed by atoms with Gasteiger partial charge in [-0.1, -0.05) is 45.8 Å². The number of unbranched alkanes of at least 4 members (excludes halogenated alkanes) is 2. The first-order valence-electron chi connectivity index (χ1n) is 10.7. The molecule has 3 N–H and O–H groups in total. The molecule has 2 fully saturated rings. The number of carboxylic acids is 1. The number of ether oxygens (including phenoxy) is 1. The van der Waals surface area contributed by atoms with Crippen molar-refractivity contribution >= 4 is 17.6 Å². The van der Waals surface area contributed by atoms with Crippen molar-refractivity contribution in [3.8, 4) is 0 Å². The Labute approximate surface area is 174 Å². The molecule has 162 valence electrons. The molecule has 0 radical (unpaired) electrons. The molecule has 5 nitrogen and oxygen atoms in total. The average molecular weight is 417 g/mol. The molecular weight excluding hydrogens is 380 g/mol. The van der Waals surface area contributed by atoms with E-state index < -0.39 is 18.2 Å². The highest BCUT2D eigenvalue weighted by molar-refractivity contribution is 6.21. The van der Waals surface area contributed by atoms with E-state index in [9.17, 15) is 15.0 Å². The first-order chi connectivity index (χ1) is 13.2. The number of aliphatic hydroxyl groups excluding tert-OH is 2. The highest BCUT2D eigenvalue weighted by Gasteiger charge is 2.59. The Kier molecular flexibility index (Phi) is 8.80. The third-order valence-corrected chi connectivity index (χ3v) is 6.94. The summed E-state index contributed by atoms with van der Waals surface area (Å²) in [6, 6.07) is 0. The Bertz CT molecular complexity index is 535. The van der Waals surface area contributed by atoms with Crippen LogP contribution in [-0.2, 0) is 9.53 Å². The smallest absolute Gasteiger partial charge is 0.303 e. The molecule has 0 bridgehead atoms. The van der Waals surface area contributed by atoms with Crippen LogP contribution in [0.1, 0.15) is 72.1 Å². The minimum Gasteiger partial charge on any atom is -0.481 e. The van der Waals surface area contributed by atoms with Crippen molar-refractivity contribution in [1.29, 1.82) is 0 Å². The van der Waals surface area contributed by atoms with Crippen LogP contribution in [0.4, 0.5) is 0 Å². The third-order valence-electron chi connectivity index (χ3n) is 6.43. The van der Waals surface area contributed by atoms with E-state index in [-0.39, 0.29) is 41.3 Å². The second-order valence-electron chi connectivity index (χ2n) is 9.16. The molecule has 0 spiro atoms. The second-order valence-corrected chi connectivity index (χ2v) is 9.72. The summed E-state index contributed by atoms with van der Waals surface area (Å²) in [4.78, 5) is 10.6. The third kappa shape index (κ3) is 6.19. The number of carboxylic acid groups (broad SMARTS) is 1. The van der Waals surface area contributed by atoms with E-state index in [4.69, 9.17) is 21.4 Å². The minimum absolute atomic E-state index is 0.0622. The van der Waals surface area contributed by atoms with E-state index in [0.29, 0.717) is 12.8 Å². The zero-order valence-electron chi connectivity index (χ0n) is 17.4. The molecule has 2 rings (SSSR count). The number of rotatable bonds is 12. The number of allylic oxidation sites excluding steroid dienone is 2. The predicted octanol–water partition coefficient (Wildman–Crippen LogP) is 4.14. The summed E-state index contributed by atoms with van der Waals surface area (Å²) in [6.07, 6.45) is 8.58. The first kappa shape index (κ1) is 23.7. The van der Waals surface area contributed by atoms with Crippen LogP contribution >= 0.6 is 11.6 Å². The van der Waals surface area contributed by atoms with Gasteiger partial charge in [0.05, 0.1) is 18.3 Å². The summed E-state index contributed by atoms with van der Waals surface area (Å²) in [5.41, 5.74) is -0.209. The summed E-state index contributed by atoms with van der Waals surface area (Å²) in [7, 11) is 0. The maximum atomic E-state index is 10.8. The van der Waals surface area contributed by atoms with Gasteiger partial charge in [-0.3, -0.25) is 4.79 Å². The molecule has 0 amide bonds. The van der Waals surface area contributed by atoms with Gasteiger partial charge in [-0.05, 0) is 43.4 Å². The summed E-state index contributed by atoms with van der Waals surface area (Å²) in [5.74, 6) is -0.730. The van der Waals surface area contributed by atoms with Crippen molar-refractivity contribution < 1.29 is 24.9 Å². The predicted molar refractivity (Wildman–Crippen MR) is 110 cm³/mol. The molecule has 1 aliphatic heterocycles. The number of epoxide rings is 1. The highest BCUT2D eigenvalue weighted by atomic mass is 35.5. The van der Waals surface area contributed by atoms with Crippen molar-refractivity contribution in [2.24, 2.45) is 17.3 Å². The Morgan fingerprint density at radius 2 is 2.04 bits per heavy atom. The Morgan fingerprint density at radius 3 is 2.68 bits per heavy atom. The molecule has 1 saturated carbocycles. The Hall–Kier alpha value is -0.620. The zero-order chi connectivity index (χ0) is 20.9. The van der Waals surface area contributed by atoms with E-state index in [2.05, 4.69) is 20.8 Å². The van der Waals surface area contributed by atoms with Crippen LogP contribution in [0.15, 0.2) is 12.2 Å². The van der Waals surface area contributed by atoms with Gasteiger partial charge in [0.15, 0.2) is 0 Å². The molecule has 6 heteroatoms. The molecule has 1 aliphatic carbocycles. The lowest BCUT2D eigenvalue weighted by molar-refractivity contribution is -0.137. The zero-order valence-corrected chi connectivity index (χ0v) is 18.1. The number of aliphatic carboxylic acids is 1. The van der Waals surface area contributed by atoms with Crippen LogP contribution in [0, 0.1) is 17.3 Å². The quantitative estimate of drug-likeness (QED) is 0.192. The molecule has 2 unspecified atom stereocenters. The van der Waals surface area contributed by atoms with Crippen LogP contribution in [0.2, 0.25) is 0 Å². The molecule has 0 aromatic carbocycles. The SMILES string of the molecule is CCCCC(C)(C)[C@H](O)C1OC1[C@@H]1[C@@H](CC=CCCCC(=O)O)[C@H](Cl)C[C@H]1O. The second kappa shape index (κ2) is 10.4. The molecular formula is C22H37ClO5. The standard InChI is InChI=1S/C22H37ClO5/c1-4-5-12-22(2,3)21(27)20-19(28-20)18-14(15(23)13-16(18)24)10-8-6-7-9-11-17(25)26/h6,8,14-16,18-21,24,27H,4-5,7,9-13H2,1-3H3,(H,25,26)/t14-,15+,16+,18+,19?,20?,21+/m0/s1. The highest BCUT2D eigenvalue weighted by Crippen LogP contribution is 2.50. The minimum atomic E-state index is -0.773. The van der Waals surface area contributed by atoms with Crippen LogP contribution in [-0.4, -0.2) is 51.1 Å². The molecule has 7 atom stereocenters. The van der Waals surface area contributed by atoms with Gasteiger partial charge in [-0.25, -0.2) is 0 Å². The molecule has 28 heavy (non-hydrogen) atoms. The number of alkyl halides is 1. The lowest BCUT2D eigenvalue weighted by Gasteiger charge is -2.30. The van der Waals surface area contributed by atoms with Crippen LogP contribution < -0.4 is 0 Å². The van der Waals surface area contributed by atoms with Crippen LogP contribution in [0.5, 0.6) is 0 Å². The number of hydrogen-bond acceptors (Lipinski definition) is 4. The van der Waals surface area contributed by atoms with Gasteiger partial charge in [0.1, 0.15) is 6.10 Å². The van der Waals surface area contributed by atoms with E-state index in [1.807, 2.05) is 12.2 Å². The van der Waals surface area contributed by atoms with Gasteiger partial charge in [0.2, 0.25) is 0 Å². The van der Waals surface area contributed by atoms with Crippen molar-refractivity contribution in [3.63, 3.8) is 0 Å². The summed E-state index contributed by atoms with van der Waals surface area (Å²) < 4.78 is 5.89. The average Bonchev–Trinajstić information content (AvgIpc) is 3.34. The van der Waals surface area contributed by atoms with E-state index in [1.54, 1.807) is 0 Å². The molecule has 0 aromatic heterocycles. The van der Waals surface area contributed by atoms with E-state index >= 15 is 0 Å². The lowest BCUT2D eigenvalue weighted by atomic mass is 9.77. The van der Waals surface area contributed by atoms with Gasteiger partial charge in [0, 0.05) is 17.7 Å². The number of halogens is 1. The fourth-order valence-corrected chi connectivity index (χ4v) is 4.98. The van der Waals surface area contributed by atoms with Crippen molar-refractivity contribution in [2.45, 2.75) is 102 Å². The Morgan fingerprint density at radius 1 is 1.32 bits per heavy atom. The normalized spacial score (nSPS) is 34.1. The fraction of sp³-hybridized carbons (Fsp3) is 0.864. The summed E-state index contributed by atoms with van der Waals surface area (Å²) in [5, 5.41) is 29.9. The summed E-state index contributed by atoms with van der Waals surface area (Å²) >= 11 is 6.52. The van der Waals surface area contributed by atoms with Gasteiger partial charge >= 0.3 is 5.97 Å². The van der Waals surface area contributed by atoms with E-state index in [0.717, 1.165) is 32.1 Å². The van der Waals surface area contributed by atoms with Gasteiger partial charge in [-0.15, -0.1) is 11.6 Å². The largest absolute Gasteiger partial charge is 0.481 e. The number of hydrogen-bond donors (Lipinski definition) is 3. The van der Waals surface area contributed by atoms with Gasteiger partial charge < -0.3 is 20.1 Å². The van der Waals surface area contributed by atoms with Crippen molar-refractivity contribution in [2.75, 3.05) is 0 Å². The van der Waals surface area contributed by atoms with Crippen LogP contribution in [0.3, 0.4) is 0 Å². The van der Waals surface area contributed by atoms with Crippen LogP contribution in [0.25, 0.3) is 0 Å². The molecule has 0 aromatic rings. The van der Waals surface area contributed by atoms with Gasteiger partial charge in [0.25, 0.3) is 0 Å². The molecule has 2 aliphatic rings. The van der Waals surface area contributed by atoms with E-state index in [1.165, 1.54) is 0 Å². The Balaban J connectivity index is 1.90. The molecule has 1 saturated heterocycles. The maximum Gasteiger partial charge on any atom is 0.303 e. The summed E-state index contributed by atoms with van der Waals surface area (Å²) in [6.45, 7) is 6.31. The van der Waals surface area contributed by atoms with Gasteiger partial charge in [-0.2, -0.15) is 0 Å². The monoisotopic (exact) mass is 416 g/mol. The maximum absolute atomic E-state index is 10.8. The van der Waals surface area contributed by atoms with Crippen molar-refractivity contribution in [1.82, 2.24) is 0 Å².